The second-order valence-corrected chi connectivity index (χ2v) is 5.89. The number of halogens is 2. The van der Waals surface area contributed by atoms with E-state index in [0.717, 1.165) is 5.56 Å². The van der Waals surface area contributed by atoms with Gasteiger partial charge in [-0.1, -0.05) is 29.3 Å². The van der Waals surface area contributed by atoms with Crippen molar-refractivity contribution in [3.05, 3.63) is 51.8 Å². The van der Waals surface area contributed by atoms with Gasteiger partial charge < -0.3 is 20.8 Å². The molecule has 0 spiro atoms. The normalized spacial score (nSPS) is 11.8. The minimum absolute atomic E-state index is 0.255. The van der Waals surface area contributed by atoms with Crippen LogP contribution in [0.25, 0.3) is 0 Å². The molecule has 0 radical (unpaired) electrons. The summed E-state index contributed by atoms with van der Waals surface area (Å²) in [5, 5.41) is 3.49. The van der Waals surface area contributed by atoms with Crippen LogP contribution in [0.15, 0.2) is 30.5 Å². The second kappa shape index (κ2) is 8.19. The van der Waals surface area contributed by atoms with Gasteiger partial charge in [0.2, 0.25) is 5.91 Å². The van der Waals surface area contributed by atoms with Crippen molar-refractivity contribution in [2.75, 3.05) is 11.9 Å². The highest BCUT2D eigenvalue weighted by Gasteiger charge is 2.17. The molecule has 24 heavy (non-hydrogen) atoms. The van der Waals surface area contributed by atoms with Crippen LogP contribution in [0.5, 0.6) is 0 Å². The fourth-order valence-corrected chi connectivity index (χ4v) is 2.36. The lowest BCUT2D eigenvalue weighted by Crippen LogP contribution is -2.37. The van der Waals surface area contributed by atoms with E-state index in [9.17, 15) is 9.59 Å². The van der Waals surface area contributed by atoms with Crippen molar-refractivity contribution in [2.24, 2.45) is 5.73 Å². The van der Waals surface area contributed by atoms with E-state index in [1.54, 1.807) is 25.1 Å². The number of carbonyl (C=O) groups is 2. The summed E-state index contributed by atoms with van der Waals surface area (Å²) in [5.41, 5.74) is 7.40. The Bertz CT molecular complexity index is 746. The Morgan fingerprint density at radius 3 is 2.71 bits per heavy atom. The minimum atomic E-state index is -0.775. The van der Waals surface area contributed by atoms with E-state index in [1.165, 1.54) is 12.3 Å². The Balaban J connectivity index is 1.96. The summed E-state index contributed by atoms with van der Waals surface area (Å²) < 4.78 is 4.86. The van der Waals surface area contributed by atoms with Gasteiger partial charge in [-0.15, -0.1) is 0 Å². The van der Waals surface area contributed by atoms with Crippen LogP contribution in [0.4, 0.5) is 5.69 Å². The molecule has 2 aromatic rings. The summed E-state index contributed by atoms with van der Waals surface area (Å²) in [6.45, 7) is 1.99. The van der Waals surface area contributed by atoms with Gasteiger partial charge in [-0.2, -0.15) is 0 Å². The molecule has 1 aromatic heterocycles. The van der Waals surface area contributed by atoms with Crippen LogP contribution in [0, 0.1) is 0 Å². The third-order valence-corrected chi connectivity index (χ3v) is 3.96. The summed E-state index contributed by atoms with van der Waals surface area (Å²) in [6, 6.07) is 5.80. The first-order valence-corrected chi connectivity index (χ1v) is 8.02. The molecule has 0 bridgehead atoms. The number of nitrogens with two attached hydrogens (primary N) is 1. The lowest BCUT2D eigenvalue weighted by molar-refractivity contribution is -0.117. The number of benzene rings is 1. The Labute approximate surface area is 149 Å². The van der Waals surface area contributed by atoms with Crippen LogP contribution in [-0.2, 0) is 16.0 Å². The lowest BCUT2D eigenvalue weighted by atomic mass is 10.1. The molecule has 0 aliphatic carbocycles. The van der Waals surface area contributed by atoms with Gasteiger partial charge in [0.1, 0.15) is 5.69 Å². The number of hydrogen-bond donors (Lipinski definition) is 3. The van der Waals surface area contributed by atoms with Crippen molar-refractivity contribution in [2.45, 2.75) is 19.4 Å². The maximum absolute atomic E-state index is 12.1. The predicted molar refractivity (Wildman–Crippen MR) is 93.5 cm³/mol. The number of nitrogens with one attached hydrogen (secondary N) is 2. The highest BCUT2D eigenvalue weighted by atomic mass is 35.5. The van der Waals surface area contributed by atoms with Crippen molar-refractivity contribution in [3.8, 4) is 0 Å². The molecule has 1 aromatic carbocycles. The van der Waals surface area contributed by atoms with Gasteiger partial charge in [0, 0.05) is 6.20 Å². The molecule has 0 aliphatic heterocycles. The van der Waals surface area contributed by atoms with Crippen molar-refractivity contribution in [1.82, 2.24) is 4.98 Å². The first-order valence-electron chi connectivity index (χ1n) is 7.26. The molecule has 1 unspecified atom stereocenters. The van der Waals surface area contributed by atoms with Crippen LogP contribution < -0.4 is 11.1 Å². The third-order valence-electron chi connectivity index (χ3n) is 3.22. The molecule has 1 amide bonds. The van der Waals surface area contributed by atoms with Gasteiger partial charge in [0.25, 0.3) is 0 Å². The SMILES string of the molecule is CCOC(=O)c1cc(NC(=O)C(N)Cc2ccc(Cl)c(Cl)c2)c[nH]1. The Kier molecular flexibility index (Phi) is 6.25. The molecule has 1 heterocycles. The van der Waals surface area contributed by atoms with Crippen LogP contribution in [-0.4, -0.2) is 29.5 Å². The Morgan fingerprint density at radius 1 is 1.29 bits per heavy atom. The number of anilines is 1. The van der Waals surface area contributed by atoms with E-state index in [-0.39, 0.29) is 18.2 Å². The standard InChI is InChI=1S/C16H17Cl2N3O3/c1-2-24-16(23)14-7-10(8-20-14)21-15(22)13(19)6-9-3-4-11(17)12(18)5-9/h3-5,7-8,13,20H,2,6,19H2,1H3,(H,21,22). The van der Waals surface area contributed by atoms with Crippen LogP contribution >= 0.6 is 23.2 Å². The molecule has 0 saturated heterocycles. The van der Waals surface area contributed by atoms with Crippen LogP contribution in [0.1, 0.15) is 23.0 Å². The van der Waals surface area contributed by atoms with E-state index in [4.69, 9.17) is 33.7 Å². The topological polar surface area (TPSA) is 97.2 Å². The maximum Gasteiger partial charge on any atom is 0.354 e. The zero-order valence-electron chi connectivity index (χ0n) is 12.9. The van der Waals surface area contributed by atoms with Gasteiger partial charge >= 0.3 is 5.97 Å². The molecule has 8 heteroatoms. The average Bonchev–Trinajstić information content (AvgIpc) is 2.99. The molecule has 0 fully saturated rings. The van der Waals surface area contributed by atoms with E-state index in [2.05, 4.69) is 10.3 Å². The van der Waals surface area contributed by atoms with Gasteiger partial charge in [-0.25, -0.2) is 4.79 Å². The highest BCUT2D eigenvalue weighted by molar-refractivity contribution is 6.42. The molecule has 0 saturated carbocycles. The quantitative estimate of drug-likeness (QED) is 0.681. The molecule has 6 nitrogen and oxygen atoms in total. The summed E-state index contributed by atoms with van der Waals surface area (Å²) in [4.78, 5) is 26.4. The smallest absolute Gasteiger partial charge is 0.354 e. The largest absolute Gasteiger partial charge is 0.461 e. The number of ether oxygens (including phenoxy) is 1. The molecular weight excluding hydrogens is 353 g/mol. The summed E-state index contributed by atoms with van der Waals surface area (Å²) in [6.07, 6.45) is 1.80. The van der Waals surface area contributed by atoms with Crippen molar-refractivity contribution in [1.29, 1.82) is 0 Å². The minimum Gasteiger partial charge on any atom is -0.461 e. The Hall–Kier alpha value is -2.02. The summed E-state index contributed by atoms with van der Waals surface area (Å²) >= 11 is 11.8. The van der Waals surface area contributed by atoms with Gasteiger partial charge in [0.05, 0.1) is 28.4 Å². The van der Waals surface area contributed by atoms with E-state index >= 15 is 0 Å². The van der Waals surface area contributed by atoms with Crippen LogP contribution in [0.3, 0.4) is 0 Å². The molecular formula is C16H17Cl2N3O3. The maximum atomic E-state index is 12.1. The fourth-order valence-electron chi connectivity index (χ4n) is 2.04. The Morgan fingerprint density at radius 2 is 2.04 bits per heavy atom. The number of carbonyl (C=O) groups excluding carboxylic acids is 2. The van der Waals surface area contributed by atoms with Crippen molar-refractivity contribution in [3.63, 3.8) is 0 Å². The summed E-state index contributed by atoms with van der Waals surface area (Å²) in [7, 11) is 0. The highest BCUT2D eigenvalue weighted by Crippen LogP contribution is 2.23. The fraction of sp³-hybridized carbons (Fsp3) is 0.250. The number of amides is 1. The van der Waals surface area contributed by atoms with E-state index in [0.29, 0.717) is 22.2 Å². The number of H-pyrrole nitrogens is 1. The van der Waals surface area contributed by atoms with E-state index < -0.39 is 12.0 Å². The first-order chi connectivity index (χ1) is 11.4. The second-order valence-electron chi connectivity index (χ2n) is 5.07. The average molecular weight is 370 g/mol. The zero-order valence-corrected chi connectivity index (χ0v) is 14.4. The molecule has 2 rings (SSSR count). The number of aromatic amines is 1. The monoisotopic (exact) mass is 369 g/mol. The van der Waals surface area contributed by atoms with Gasteiger partial charge in [-0.3, -0.25) is 4.79 Å². The third kappa shape index (κ3) is 4.74. The zero-order chi connectivity index (χ0) is 17.7. The molecule has 4 N–H and O–H groups in total. The van der Waals surface area contributed by atoms with Crippen LogP contribution in [0.2, 0.25) is 10.0 Å². The lowest BCUT2D eigenvalue weighted by Gasteiger charge is -2.12. The first kappa shape index (κ1) is 18.3. The number of esters is 1. The summed E-state index contributed by atoms with van der Waals surface area (Å²) in [5.74, 6) is -0.867. The van der Waals surface area contributed by atoms with Gasteiger partial charge in [-0.05, 0) is 37.1 Å². The van der Waals surface area contributed by atoms with Crippen molar-refractivity contribution < 1.29 is 14.3 Å². The van der Waals surface area contributed by atoms with Gasteiger partial charge in [0.15, 0.2) is 0 Å². The van der Waals surface area contributed by atoms with Crippen molar-refractivity contribution >= 4 is 40.8 Å². The molecule has 0 aliphatic rings. The predicted octanol–water partition coefficient (Wildman–Crippen LogP) is 3.01. The molecule has 1 atom stereocenters. The number of rotatable bonds is 6. The number of hydrogen-bond acceptors (Lipinski definition) is 4. The number of aromatic nitrogens is 1. The van der Waals surface area contributed by atoms with E-state index in [1.807, 2.05) is 0 Å². The molecule has 128 valence electrons.